The van der Waals surface area contributed by atoms with Crippen molar-refractivity contribution in [2.75, 3.05) is 6.61 Å². The van der Waals surface area contributed by atoms with Crippen molar-refractivity contribution in [3.05, 3.63) is 52.5 Å². The third-order valence-corrected chi connectivity index (χ3v) is 2.43. The Bertz CT molecular complexity index is 471. The van der Waals surface area contributed by atoms with Crippen molar-refractivity contribution in [3.8, 4) is 5.75 Å². The number of aromatic nitrogens is 2. The molecule has 0 aliphatic rings. The van der Waals surface area contributed by atoms with E-state index in [1.807, 2.05) is 30.3 Å². The second-order valence-electron chi connectivity index (χ2n) is 3.34. The molecule has 2 rings (SSSR count). The summed E-state index contributed by atoms with van der Waals surface area (Å²) in [5.41, 5.74) is 0. The maximum Gasteiger partial charge on any atom is 0.135 e. The second kappa shape index (κ2) is 5.84. The summed E-state index contributed by atoms with van der Waals surface area (Å²) in [5.74, 6) is 1.40. The van der Waals surface area contributed by atoms with Crippen LogP contribution < -0.4 is 4.74 Å². The first-order valence-corrected chi connectivity index (χ1v) is 5.86. The fraction of sp³-hybridized carbons (Fsp3) is 0.167. The van der Waals surface area contributed by atoms with Crippen LogP contribution in [0.25, 0.3) is 0 Å². The van der Waals surface area contributed by atoms with Crippen LogP contribution in [0.1, 0.15) is 5.82 Å². The van der Waals surface area contributed by atoms with Crippen molar-refractivity contribution in [1.82, 2.24) is 9.97 Å². The van der Waals surface area contributed by atoms with Crippen LogP contribution in [-0.4, -0.2) is 16.6 Å². The molecule has 0 fully saturated rings. The molecular formula is C12H10Cl2N2O. The molecule has 0 N–H and O–H groups in total. The Morgan fingerprint density at radius 3 is 2.29 bits per heavy atom. The van der Waals surface area contributed by atoms with Gasteiger partial charge in [-0.05, 0) is 12.1 Å². The Morgan fingerprint density at radius 1 is 1.00 bits per heavy atom. The minimum absolute atomic E-state index is 0.347. The number of nitrogens with zero attached hydrogens (tertiary/aromatic N) is 2. The Kier molecular flexibility index (Phi) is 4.18. The monoisotopic (exact) mass is 268 g/mol. The zero-order valence-corrected chi connectivity index (χ0v) is 10.4. The molecule has 0 radical (unpaired) electrons. The summed E-state index contributed by atoms with van der Waals surface area (Å²) in [6, 6.07) is 11.1. The molecule has 0 amide bonds. The highest BCUT2D eigenvalue weighted by Crippen LogP contribution is 2.13. The van der Waals surface area contributed by atoms with Gasteiger partial charge in [0.15, 0.2) is 0 Å². The van der Waals surface area contributed by atoms with E-state index in [1.165, 1.54) is 6.07 Å². The number of para-hydroxylation sites is 1. The number of ether oxygens (including phenoxy) is 1. The Balaban J connectivity index is 1.90. The lowest BCUT2D eigenvalue weighted by atomic mass is 10.3. The number of hydrogen-bond donors (Lipinski definition) is 0. The van der Waals surface area contributed by atoms with Crippen LogP contribution in [0.2, 0.25) is 10.3 Å². The molecule has 0 spiro atoms. The molecule has 88 valence electrons. The average molecular weight is 269 g/mol. The summed E-state index contributed by atoms with van der Waals surface area (Å²) in [4.78, 5) is 8.11. The Hall–Kier alpha value is -1.32. The normalized spacial score (nSPS) is 10.2. The van der Waals surface area contributed by atoms with E-state index in [9.17, 15) is 0 Å². The standard InChI is InChI=1S/C12H10Cl2N2O/c13-10-8-11(14)16-12(15-10)6-7-17-9-4-2-1-3-5-9/h1-5,8H,6-7H2. The van der Waals surface area contributed by atoms with Gasteiger partial charge in [-0.15, -0.1) is 0 Å². The maximum atomic E-state index is 5.77. The van der Waals surface area contributed by atoms with E-state index < -0.39 is 0 Å². The van der Waals surface area contributed by atoms with Crippen molar-refractivity contribution in [3.63, 3.8) is 0 Å². The summed E-state index contributed by atoms with van der Waals surface area (Å²) in [7, 11) is 0. The smallest absolute Gasteiger partial charge is 0.135 e. The van der Waals surface area contributed by atoms with Gasteiger partial charge in [-0.3, -0.25) is 0 Å². The van der Waals surface area contributed by atoms with Gasteiger partial charge in [0.05, 0.1) is 6.61 Å². The predicted octanol–water partition coefficient (Wildman–Crippen LogP) is 3.40. The minimum Gasteiger partial charge on any atom is -0.493 e. The molecule has 0 atom stereocenters. The highest BCUT2D eigenvalue weighted by atomic mass is 35.5. The Labute approximate surface area is 109 Å². The summed E-state index contributed by atoms with van der Waals surface area (Å²) in [6.45, 7) is 0.487. The largest absolute Gasteiger partial charge is 0.493 e. The van der Waals surface area contributed by atoms with Crippen molar-refractivity contribution in [1.29, 1.82) is 0 Å². The number of benzene rings is 1. The SMILES string of the molecule is Clc1cc(Cl)nc(CCOc2ccccc2)n1. The molecule has 0 saturated carbocycles. The van der Waals surface area contributed by atoms with Gasteiger partial charge < -0.3 is 4.74 Å². The van der Waals surface area contributed by atoms with E-state index in [4.69, 9.17) is 27.9 Å². The topological polar surface area (TPSA) is 35.0 Å². The predicted molar refractivity (Wildman–Crippen MR) is 67.7 cm³/mol. The molecule has 1 aromatic carbocycles. The van der Waals surface area contributed by atoms with Gasteiger partial charge >= 0.3 is 0 Å². The first-order chi connectivity index (χ1) is 8.24. The molecule has 3 nitrogen and oxygen atoms in total. The van der Waals surface area contributed by atoms with Crippen LogP contribution >= 0.6 is 23.2 Å². The summed E-state index contributed by atoms with van der Waals surface area (Å²) < 4.78 is 5.52. The van der Waals surface area contributed by atoms with Gasteiger partial charge in [-0.25, -0.2) is 9.97 Å². The molecule has 0 aliphatic carbocycles. The summed E-state index contributed by atoms with van der Waals surface area (Å²) in [6.07, 6.45) is 0.565. The highest BCUT2D eigenvalue weighted by molar-refractivity contribution is 6.33. The zero-order chi connectivity index (χ0) is 12.1. The van der Waals surface area contributed by atoms with Gasteiger partial charge in [0.2, 0.25) is 0 Å². The fourth-order valence-corrected chi connectivity index (χ4v) is 1.78. The van der Waals surface area contributed by atoms with Crippen LogP contribution in [-0.2, 0) is 6.42 Å². The van der Waals surface area contributed by atoms with Crippen LogP contribution in [0, 0.1) is 0 Å². The van der Waals surface area contributed by atoms with Crippen LogP contribution in [0.3, 0.4) is 0 Å². The van der Waals surface area contributed by atoms with Crippen molar-refractivity contribution < 1.29 is 4.74 Å². The second-order valence-corrected chi connectivity index (χ2v) is 4.12. The summed E-state index contributed by atoms with van der Waals surface area (Å²) in [5, 5.41) is 0.694. The van der Waals surface area contributed by atoms with Crippen molar-refractivity contribution in [2.24, 2.45) is 0 Å². The van der Waals surface area contributed by atoms with E-state index in [-0.39, 0.29) is 0 Å². The molecule has 0 bridgehead atoms. The third kappa shape index (κ3) is 3.88. The molecular weight excluding hydrogens is 259 g/mol. The third-order valence-electron chi connectivity index (χ3n) is 2.05. The molecule has 5 heteroatoms. The number of rotatable bonds is 4. The van der Waals surface area contributed by atoms with Gasteiger partial charge in [0, 0.05) is 12.5 Å². The van der Waals surface area contributed by atoms with E-state index in [2.05, 4.69) is 9.97 Å². The van der Waals surface area contributed by atoms with E-state index in [0.29, 0.717) is 29.2 Å². The fourth-order valence-electron chi connectivity index (χ4n) is 1.32. The first-order valence-electron chi connectivity index (χ1n) is 5.11. The lowest BCUT2D eigenvalue weighted by molar-refractivity contribution is 0.319. The van der Waals surface area contributed by atoms with Crippen molar-refractivity contribution >= 4 is 23.2 Å². The Morgan fingerprint density at radius 2 is 1.65 bits per heavy atom. The molecule has 1 heterocycles. The molecule has 0 aliphatic heterocycles. The molecule has 0 saturated heterocycles. The number of hydrogen-bond acceptors (Lipinski definition) is 3. The average Bonchev–Trinajstić information content (AvgIpc) is 2.29. The maximum absolute atomic E-state index is 5.77. The van der Waals surface area contributed by atoms with E-state index in [0.717, 1.165) is 5.75 Å². The van der Waals surface area contributed by atoms with Crippen LogP contribution in [0.5, 0.6) is 5.75 Å². The van der Waals surface area contributed by atoms with Crippen LogP contribution in [0.15, 0.2) is 36.4 Å². The van der Waals surface area contributed by atoms with Crippen LogP contribution in [0.4, 0.5) is 0 Å². The van der Waals surface area contributed by atoms with Gasteiger partial charge in [-0.2, -0.15) is 0 Å². The molecule has 17 heavy (non-hydrogen) atoms. The van der Waals surface area contributed by atoms with Gasteiger partial charge in [0.1, 0.15) is 21.9 Å². The van der Waals surface area contributed by atoms with E-state index >= 15 is 0 Å². The van der Waals surface area contributed by atoms with Gasteiger partial charge in [-0.1, -0.05) is 41.4 Å². The summed E-state index contributed by atoms with van der Waals surface area (Å²) >= 11 is 11.5. The molecule has 0 unspecified atom stereocenters. The quantitative estimate of drug-likeness (QED) is 0.798. The highest BCUT2D eigenvalue weighted by Gasteiger charge is 2.02. The number of halogens is 2. The molecule has 1 aromatic heterocycles. The molecule has 2 aromatic rings. The van der Waals surface area contributed by atoms with Gasteiger partial charge in [0.25, 0.3) is 0 Å². The minimum atomic E-state index is 0.347. The lowest BCUT2D eigenvalue weighted by Gasteiger charge is -2.05. The van der Waals surface area contributed by atoms with E-state index in [1.54, 1.807) is 0 Å². The van der Waals surface area contributed by atoms with Crippen molar-refractivity contribution in [2.45, 2.75) is 6.42 Å². The first kappa shape index (κ1) is 12.1. The zero-order valence-electron chi connectivity index (χ0n) is 8.94. The lowest BCUT2D eigenvalue weighted by Crippen LogP contribution is -2.05.